The number of hydrogen-bond donors (Lipinski definition) is 1. The Labute approximate surface area is 108 Å². The van der Waals surface area contributed by atoms with Gasteiger partial charge in [-0.15, -0.1) is 0 Å². The van der Waals surface area contributed by atoms with Crippen LogP contribution in [0.4, 0.5) is 0 Å². The van der Waals surface area contributed by atoms with E-state index in [1.165, 1.54) is 5.56 Å². The van der Waals surface area contributed by atoms with Gasteiger partial charge in [-0.05, 0) is 41.3 Å². The summed E-state index contributed by atoms with van der Waals surface area (Å²) in [6, 6.07) is 18.2. The molecule has 18 heavy (non-hydrogen) atoms. The van der Waals surface area contributed by atoms with Crippen LogP contribution in [-0.2, 0) is 0 Å². The largest absolute Gasteiger partial charge is 0.330 e. The molecule has 0 aliphatic carbocycles. The number of nitrogens with two attached hydrogens (primary N) is 1. The van der Waals surface area contributed by atoms with Crippen LogP contribution in [0.25, 0.3) is 11.1 Å². The molecule has 0 amide bonds. The molecular weight excluding hydrogens is 220 g/mol. The summed E-state index contributed by atoms with van der Waals surface area (Å²) in [5, 5.41) is 8.76. The van der Waals surface area contributed by atoms with E-state index in [2.05, 4.69) is 37.3 Å². The van der Waals surface area contributed by atoms with Crippen molar-refractivity contribution in [3.8, 4) is 17.2 Å². The first-order chi connectivity index (χ1) is 8.74. The Morgan fingerprint density at radius 2 is 1.50 bits per heavy atom. The van der Waals surface area contributed by atoms with E-state index >= 15 is 0 Å². The van der Waals surface area contributed by atoms with Crippen molar-refractivity contribution in [2.45, 2.75) is 12.8 Å². The zero-order valence-electron chi connectivity index (χ0n) is 10.4. The monoisotopic (exact) mass is 236 g/mol. The summed E-state index contributed by atoms with van der Waals surface area (Å²) in [6.45, 7) is 2.78. The Morgan fingerprint density at radius 1 is 1.00 bits per heavy atom. The fourth-order valence-electron chi connectivity index (χ4n) is 1.88. The van der Waals surface area contributed by atoms with Crippen molar-refractivity contribution in [2.75, 3.05) is 6.54 Å². The Kier molecular flexibility index (Phi) is 3.76. The molecule has 0 saturated heterocycles. The Balaban J connectivity index is 2.26. The third-order valence-electron chi connectivity index (χ3n) is 3.18. The summed E-state index contributed by atoms with van der Waals surface area (Å²) < 4.78 is 0. The van der Waals surface area contributed by atoms with Crippen LogP contribution < -0.4 is 5.73 Å². The lowest BCUT2D eigenvalue weighted by atomic mass is 9.97. The first-order valence-corrected chi connectivity index (χ1v) is 6.05. The standard InChI is InChI=1S/C16H16N2/c1-12(10-17)14-6-8-16(9-7-14)15-4-2-13(11-18)3-5-15/h2-9,12H,10,17H2,1H3. The summed E-state index contributed by atoms with van der Waals surface area (Å²) in [7, 11) is 0. The first kappa shape index (κ1) is 12.3. The van der Waals surface area contributed by atoms with E-state index in [1.54, 1.807) is 0 Å². The quantitative estimate of drug-likeness (QED) is 0.889. The summed E-state index contributed by atoms with van der Waals surface area (Å²) in [6.07, 6.45) is 0. The van der Waals surface area contributed by atoms with E-state index in [0.717, 1.165) is 11.1 Å². The normalized spacial score (nSPS) is 11.8. The summed E-state index contributed by atoms with van der Waals surface area (Å²) in [4.78, 5) is 0. The van der Waals surface area contributed by atoms with E-state index in [-0.39, 0.29) is 0 Å². The molecule has 2 heteroatoms. The highest BCUT2D eigenvalue weighted by molar-refractivity contribution is 5.64. The van der Waals surface area contributed by atoms with Crippen molar-refractivity contribution < 1.29 is 0 Å². The number of nitrogens with zero attached hydrogens (tertiary/aromatic N) is 1. The molecule has 0 heterocycles. The molecule has 0 saturated carbocycles. The second-order valence-electron chi connectivity index (χ2n) is 4.45. The van der Waals surface area contributed by atoms with Gasteiger partial charge in [0.15, 0.2) is 0 Å². The van der Waals surface area contributed by atoms with Crippen LogP contribution in [0.1, 0.15) is 24.0 Å². The van der Waals surface area contributed by atoms with Crippen LogP contribution >= 0.6 is 0 Å². The lowest BCUT2D eigenvalue weighted by Gasteiger charge is -2.09. The topological polar surface area (TPSA) is 49.8 Å². The second kappa shape index (κ2) is 5.48. The molecule has 2 aromatic carbocycles. The first-order valence-electron chi connectivity index (χ1n) is 6.05. The summed E-state index contributed by atoms with van der Waals surface area (Å²) in [5.41, 5.74) is 9.89. The number of benzene rings is 2. The molecule has 2 nitrogen and oxygen atoms in total. The van der Waals surface area contributed by atoms with Gasteiger partial charge in [-0.3, -0.25) is 0 Å². The van der Waals surface area contributed by atoms with Gasteiger partial charge in [0.25, 0.3) is 0 Å². The maximum Gasteiger partial charge on any atom is 0.0991 e. The van der Waals surface area contributed by atoms with E-state index < -0.39 is 0 Å². The van der Waals surface area contributed by atoms with E-state index in [1.807, 2.05) is 24.3 Å². The minimum absolute atomic E-state index is 0.389. The van der Waals surface area contributed by atoms with Crippen molar-refractivity contribution in [1.82, 2.24) is 0 Å². The van der Waals surface area contributed by atoms with Gasteiger partial charge in [0.05, 0.1) is 11.6 Å². The summed E-state index contributed by atoms with van der Waals surface area (Å²) in [5.74, 6) is 0.389. The molecule has 0 aromatic heterocycles. The smallest absolute Gasteiger partial charge is 0.0991 e. The minimum Gasteiger partial charge on any atom is -0.330 e. The van der Waals surface area contributed by atoms with Gasteiger partial charge in [-0.25, -0.2) is 0 Å². The average Bonchev–Trinajstić information content (AvgIpc) is 2.47. The molecule has 0 spiro atoms. The highest BCUT2D eigenvalue weighted by Crippen LogP contribution is 2.22. The molecule has 0 aliphatic rings. The molecule has 0 fully saturated rings. The Bertz CT molecular complexity index is 547. The van der Waals surface area contributed by atoms with Crippen LogP contribution in [0.3, 0.4) is 0 Å². The van der Waals surface area contributed by atoms with Crippen LogP contribution in [0.5, 0.6) is 0 Å². The maximum absolute atomic E-state index is 8.76. The molecule has 1 unspecified atom stereocenters. The SMILES string of the molecule is CC(CN)c1ccc(-c2ccc(C#N)cc2)cc1. The maximum atomic E-state index is 8.76. The van der Waals surface area contributed by atoms with Gasteiger partial charge in [0.1, 0.15) is 0 Å². The lowest BCUT2D eigenvalue weighted by molar-refractivity contribution is 0.774. The van der Waals surface area contributed by atoms with Gasteiger partial charge in [-0.1, -0.05) is 43.3 Å². The predicted octanol–water partition coefficient (Wildman–Crippen LogP) is 3.29. The summed E-state index contributed by atoms with van der Waals surface area (Å²) >= 11 is 0. The van der Waals surface area contributed by atoms with Crippen molar-refractivity contribution >= 4 is 0 Å². The van der Waals surface area contributed by atoms with Crippen LogP contribution in [0.2, 0.25) is 0 Å². The number of rotatable bonds is 3. The van der Waals surface area contributed by atoms with Gasteiger partial charge in [0.2, 0.25) is 0 Å². The molecular formula is C16H16N2. The molecule has 90 valence electrons. The molecule has 2 aromatic rings. The van der Waals surface area contributed by atoms with E-state index in [0.29, 0.717) is 18.0 Å². The molecule has 2 N–H and O–H groups in total. The van der Waals surface area contributed by atoms with Crippen molar-refractivity contribution in [3.63, 3.8) is 0 Å². The van der Waals surface area contributed by atoms with E-state index in [4.69, 9.17) is 11.0 Å². The Morgan fingerprint density at radius 3 is 1.94 bits per heavy atom. The van der Waals surface area contributed by atoms with Crippen molar-refractivity contribution in [1.29, 1.82) is 5.26 Å². The molecule has 0 bridgehead atoms. The fraction of sp³-hybridized carbons (Fsp3) is 0.188. The van der Waals surface area contributed by atoms with Crippen molar-refractivity contribution in [3.05, 3.63) is 59.7 Å². The third kappa shape index (κ3) is 2.58. The Hall–Kier alpha value is -2.11. The van der Waals surface area contributed by atoms with Gasteiger partial charge in [0, 0.05) is 0 Å². The van der Waals surface area contributed by atoms with Crippen molar-refractivity contribution in [2.24, 2.45) is 5.73 Å². The minimum atomic E-state index is 0.389. The number of nitriles is 1. The van der Waals surface area contributed by atoms with Crippen LogP contribution in [-0.4, -0.2) is 6.54 Å². The zero-order valence-corrected chi connectivity index (χ0v) is 10.4. The van der Waals surface area contributed by atoms with Gasteiger partial charge < -0.3 is 5.73 Å². The molecule has 2 rings (SSSR count). The zero-order chi connectivity index (χ0) is 13.0. The third-order valence-corrected chi connectivity index (χ3v) is 3.18. The second-order valence-corrected chi connectivity index (χ2v) is 4.45. The van der Waals surface area contributed by atoms with Gasteiger partial charge in [-0.2, -0.15) is 5.26 Å². The highest BCUT2D eigenvalue weighted by atomic mass is 14.5. The average molecular weight is 236 g/mol. The molecule has 1 atom stereocenters. The fourth-order valence-corrected chi connectivity index (χ4v) is 1.88. The number of hydrogen-bond acceptors (Lipinski definition) is 2. The lowest BCUT2D eigenvalue weighted by Crippen LogP contribution is -2.08. The highest BCUT2D eigenvalue weighted by Gasteiger charge is 2.03. The molecule has 0 radical (unpaired) electrons. The van der Waals surface area contributed by atoms with Gasteiger partial charge >= 0.3 is 0 Å². The van der Waals surface area contributed by atoms with E-state index in [9.17, 15) is 0 Å². The van der Waals surface area contributed by atoms with Crippen LogP contribution in [0.15, 0.2) is 48.5 Å². The molecule has 0 aliphatic heterocycles. The van der Waals surface area contributed by atoms with Crippen LogP contribution in [0, 0.1) is 11.3 Å². The predicted molar refractivity (Wildman–Crippen MR) is 74.1 cm³/mol.